The molecule has 0 rings (SSSR count). The zero-order valence-corrected chi connectivity index (χ0v) is 16.0. The maximum absolute atomic E-state index is 11.7. The van der Waals surface area contributed by atoms with Crippen molar-refractivity contribution in [3.8, 4) is 0 Å². The van der Waals surface area contributed by atoms with E-state index in [2.05, 4.69) is 6.92 Å². The number of carbonyl (C=O) groups is 2. The Morgan fingerprint density at radius 2 is 0.875 bits per heavy atom. The first-order valence-corrected chi connectivity index (χ1v) is 10.4. The third-order valence-corrected chi connectivity index (χ3v) is 4.66. The van der Waals surface area contributed by atoms with E-state index in [1.165, 1.54) is 70.6 Å². The summed E-state index contributed by atoms with van der Waals surface area (Å²) in [7, 11) is 0. The number of aliphatic carboxylic acids is 1. The standard InChI is InChI=1S/C21H40O3/c1-2-3-4-11-14-17-20(22)18-15-12-9-7-5-6-8-10-13-16-19-21(23)24/h2-19H2,1H3,(H,23,24). The number of hydrogen-bond donors (Lipinski definition) is 1. The second-order valence-electron chi connectivity index (χ2n) is 7.13. The van der Waals surface area contributed by atoms with Crippen LogP contribution >= 0.6 is 0 Å². The minimum absolute atomic E-state index is 0.317. The highest BCUT2D eigenvalue weighted by molar-refractivity contribution is 5.78. The van der Waals surface area contributed by atoms with Crippen LogP contribution in [0.3, 0.4) is 0 Å². The highest BCUT2D eigenvalue weighted by Crippen LogP contribution is 2.13. The summed E-state index contributed by atoms with van der Waals surface area (Å²) in [6.07, 6.45) is 19.7. The molecule has 142 valence electrons. The first-order chi connectivity index (χ1) is 11.7. The van der Waals surface area contributed by atoms with Crippen molar-refractivity contribution in [2.45, 2.75) is 122 Å². The summed E-state index contributed by atoms with van der Waals surface area (Å²) in [6, 6.07) is 0. The lowest BCUT2D eigenvalue weighted by molar-refractivity contribution is -0.137. The van der Waals surface area contributed by atoms with Crippen LogP contribution in [-0.2, 0) is 9.59 Å². The Morgan fingerprint density at radius 1 is 0.542 bits per heavy atom. The van der Waals surface area contributed by atoms with Gasteiger partial charge in [0.2, 0.25) is 0 Å². The summed E-state index contributed by atoms with van der Waals surface area (Å²) in [5, 5.41) is 8.54. The van der Waals surface area contributed by atoms with Crippen LogP contribution in [0.25, 0.3) is 0 Å². The summed E-state index contributed by atoms with van der Waals surface area (Å²) in [6.45, 7) is 2.22. The molecular formula is C21H40O3. The summed E-state index contributed by atoms with van der Waals surface area (Å²) < 4.78 is 0. The number of unbranched alkanes of at least 4 members (excludes halogenated alkanes) is 13. The van der Waals surface area contributed by atoms with E-state index >= 15 is 0 Å². The van der Waals surface area contributed by atoms with Gasteiger partial charge in [-0.2, -0.15) is 0 Å². The van der Waals surface area contributed by atoms with Crippen LogP contribution in [-0.4, -0.2) is 16.9 Å². The molecule has 3 nitrogen and oxygen atoms in total. The van der Waals surface area contributed by atoms with Crippen LogP contribution in [0.1, 0.15) is 122 Å². The highest BCUT2D eigenvalue weighted by atomic mass is 16.4. The molecule has 0 atom stereocenters. The Labute approximate surface area is 149 Å². The lowest BCUT2D eigenvalue weighted by atomic mass is 10.0. The van der Waals surface area contributed by atoms with Gasteiger partial charge >= 0.3 is 5.97 Å². The molecule has 0 aromatic rings. The molecule has 0 saturated carbocycles. The second kappa shape index (κ2) is 18.5. The number of ketones is 1. The molecule has 3 heteroatoms. The van der Waals surface area contributed by atoms with Crippen LogP contribution in [0.5, 0.6) is 0 Å². The van der Waals surface area contributed by atoms with Crippen LogP contribution in [0.2, 0.25) is 0 Å². The average Bonchev–Trinajstić information content (AvgIpc) is 2.55. The first kappa shape index (κ1) is 23.1. The zero-order chi connectivity index (χ0) is 17.9. The van der Waals surface area contributed by atoms with Gasteiger partial charge in [0.05, 0.1) is 0 Å². The summed E-state index contributed by atoms with van der Waals surface area (Å²) in [5.74, 6) is -0.210. The summed E-state index contributed by atoms with van der Waals surface area (Å²) in [4.78, 5) is 22.1. The van der Waals surface area contributed by atoms with Gasteiger partial charge in [-0.1, -0.05) is 84.0 Å². The minimum Gasteiger partial charge on any atom is -0.481 e. The Kier molecular flexibility index (Phi) is 17.8. The molecule has 0 aliphatic heterocycles. The van der Waals surface area contributed by atoms with Gasteiger partial charge in [0.1, 0.15) is 5.78 Å². The van der Waals surface area contributed by atoms with Gasteiger partial charge in [0.25, 0.3) is 0 Å². The SMILES string of the molecule is CCCCCCCC(=O)CCCCCCCCCCCCC(=O)O. The van der Waals surface area contributed by atoms with E-state index in [1.807, 2.05) is 0 Å². The van der Waals surface area contributed by atoms with E-state index in [1.54, 1.807) is 0 Å². The topological polar surface area (TPSA) is 54.4 Å². The van der Waals surface area contributed by atoms with Crippen molar-refractivity contribution >= 4 is 11.8 Å². The smallest absolute Gasteiger partial charge is 0.303 e. The van der Waals surface area contributed by atoms with E-state index < -0.39 is 5.97 Å². The Hall–Kier alpha value is -0.860. The normalized spacial score (nSPS) is 10.9. The summed E-state index contributed by atoms with van der Waals surface area (Å²) >= 11 is 0. The van der Waals surface area contributed by atoms with Crippen LogP contribution in [0.4, 0.5) is 0 Å². The van der Waals surface area contributed by atoms with Crippen molar-refractivity contribution in [2.75, 3.05) is 0 Å². The number of carbonyl (C=O) groups excluding carboxylic acids is 1. The largest absolute Gasteiger partial charge is 0.481 e. The van der Waals surface area contributed by atoms with Crippen molar-refractivity contribution in [2.24, 2.45) is 0 Å². The van der Waals surface area contributed by atoms with E-state index in [4.69, 9.17) is 5.11 Å². The van der Waals surface area contributed by atoms with E-state index in [0.29, 0.717) is 12.2 Å². The fraction of sp³-hybridized carbons (Fsp3) is 0.905. The molecule has 0 fully saturated rings. The van der Waals surface area contributed by atoms with E-state index in [0.717, 1.165) is 38.5 Å². The predicted molar refractivity (Wildman–Crippen MR) is 101 cm³/mol. The predicted octanol–water partition coefficient (Wildman–Crippen LogP) is 6.68. The summed E-state index contributed by atoms with van der Waals surface area (Å²) in [5.41, 5.74) is 0. The van der Waals surface area contributed by atoms with Crippen molar-refractivity contribution in [3.05, 3.63) is 0 Å². The van der Waals surface area contributed by atoms with Crippen molar-refractivity contribution < 1.29 is 14.7 Å². The van der Waals surface area contributed by atoms with Gasteiger partial charge in [-0.25, -0.2) is 0 Å². The number of Topliss-reactive ketones (excluding diaryl/α,β-unsaturated/α-hetero) is 1. The fourth-order valence-corrected chi connectivity index (χ4v) is 3.06. The highest BCUT2D eigenvalue weighted by Gasteiger charge is 2.02. The fourth-order valence-electron chi connectivity index (χ4n) is 3.06. The quantitative estimate of drug-likeness (QED) is 0.267. The number of rotatable bonds is 19. The van der Waals surface area contributed by atoms with E-state index in [-0.39, 0.29) is 0 Å². The van der Waals surface area contributed by atoms with Crippen molar-refractivity contribution in [3.63, 3.8) is 0 Å². The molecule has 0 saturated heterocycles. The molecular weight excluding hydrogens is 300 g/mol. The molecule has 0 unspecified atom stereocenters. The van der Waals surface area contributed by atoms with Gasteiger partial charge in [-0.15, -0.1) is 0 Å². The van der Waals surface area contributed by atoms with Gasteiger partial charge < -0.3 is 5.11 Å². The molecule has 0 aromatic carbocycles. The van der Waals surface area contributed by atoms with Crippen LogP contribution in [0.15, 0.2) is 0 Å². The van der Waals surface area contributed by atoms with Crippen LogP contribution in [0, 0.1) is 0 Å². The molecule has 0 spiro atoms. The molecule has 0 aromatic heterocycles. The zero-order valence-electron chi connectivity index (χ0n) is 16.0. The molecule has 0 radical (unpaired) electrons. The maximum Gasteiger partial charge on any atom is 0.303 e. The van der Waals surface area contributed by atoms with Crippen LogP contribution < -0.4 is 0 Å². The Balaban J connectivity index is 3.13. The lowest BCUT2D eigenvalue weighted by Crippen LogP contribution is -1.97. The van der Waals surface area contributed by atoms with Gasteiger partial charge in [0, 0.05) is 19.3 Å². The van der Waals surface area contributed by atoms with Gasteiger partial charge in [0.15, 0.2) is 0 Å². The van der Waals surface area contributed by atoms with Gasteiger partial charge in [-0.3, -0.25) is 9.59 Å². The van der Waals surface area contributed by atoms with Crippen molar-refractivity contribution in [1.82, 2.24) is 0 Å². The molecule has 1 N–H and O–H groups in total. The van der Waals surface area contributed by atoms with E-state index in [9.17, 15) is 9.59 Å². The van der Waals surface area contributed by atoms with Crippen molar-refractivity contribution in [1.29, 1.82) is 0 Å². The monoisotopic (exact) mass is 340 g/mol. The molecule has 0 amide bonds. The maximum atomic E-state index is 11.7. The van der Waals surface area contributed by atoms with Gasteiger partial charge in [-0.05, 0) is 19.3 Å². The number of carboxylic acids is 1. The third-order valence-electron chi connectivity index (χ3n) is 4.66. The minimum atomic E-state index is -0.676. The molecule has 0 heterocycles. The number of hydrogen-bond acceptors (Lipinski definition) is 2. The lowest BCUT2D eigenvalue weighted by Gasteiger charge is -2.03. The second-order valence-corrected chi connectivity index (χ2v) is 7.13. The third kappa shape index (κ3) is 19.2. The average molecular weight is 341 g/mol. The Morgan fingerprint density at radius 3 is 1.25 bits per heavy atom. The molecule has 0 bridgehead atoms. The Bertz CT molecular complexity index is 299. The molecule has 24 heavy (non-hydrogen) atoms. The molecule has 0 aliphatic carbocycles. The first-order valence-electron chi connectivity index (χ1n) is 10.4. The molecule has 0 aliphatic rings. The number of carboxylic acid groups (broad SMARTS) is 1.